The molecule has 1 N–H and O–H groups in total. The number of rotatable bonds is 4. The first kappa shape index (κ1) is 10.7. The maximum Gasteiger partial charge on any atom is 0.0795 e. The van der Waals surface area contributed by atoms with Crippen molar-refractivity contribution in [3.8, 4) is 0 Å². The number of benzene rings is 1. The highest BCUT2D eigenvalue weighted by Gasteiger charge is 1.98. The molecule has 2 aromatic rings. The molecular formula is C11H11NOS2. The number of hydrogen-bond donors (Lipinski definition) is 1. The van der Waals surface area contributed by atoms with Crippen LogP contribution in [0.4, 0.5) is 0 Å². The summed E-state index contributed by atoms with van der Waals surface area (Å²) in [6.45, 7) is 0.108. The van der Waals surface area contributed by atoms with Gasteiger partial charge in [0.2, 0.25) is 0 Å². The summed E-state index contributed by atoms with van der Waals surface area (Å²) in [4.78, 5) is 5.43. The molecule has 2 rings (SSSR count). The van der Waals surface area contributed by atoms with E-state index in [1.54, 1.807) is 23.1 Å². The summed E-state index contributed by atoms with van der Waals surface area (Å²) in [5.74, 6) is 0.905. The number of aliphatic hydroxyl groups excluding tert-OH is 1. The lowest BCUT2D eigenvalue weighted by Gasteiger charge is -2.00. The summed E-state index contributed by atoms with van der Waals surface area (Å²) in [5, 5.41) is 11.0. The van der Waals surface area contributed by atoms with Crippen molar-refractivity contribution in [3.05, 3.63) is 46.4 Å². The minimum Gasteiger partial charge on any atom is -0.392 e. The lowest BCUT2D eigenvalue weighted by molar-refractivity contribution is 0.282. The molecule has 1 heterocycles. The van der Waals surface area contributed by atoms with E-state index in [1.807, 2.05) is 29.8 Å². The Labute approximate surface area is 97.0 Å². The second kappa shape index (κ2) is 5.30. The second-order valence-corrected chi connectivity index (χ2v) is 4.84. The molecule has 2 nitrogen and oxygen atoms in total. The van der Waals surface area contributed by atoms with E-state index < -0.39 is 0 Å². The normalized spacial score (nSPS) is 10.5. The molecule has 15 heavy (non-hydrogen) atoms. The van der Waals surface area contributed by atoms with Crippen molar-refractivity contribution in [2.24, 2.45) is 0 Å². The summed E-state index contributed by atoms with van der Waals surface area (Å²) < 4.78 is 0. The Bertz CT molecular complexity index is 397. The zero-order valence-electron chi connectivity index (χ0n) is 8.09. The maximum atomic E-state index is 8.89. The summed E-state index contributed by atoms with van der Waals surface area (Å²) in [7, 11) is 0. The zero-order chi connectivity index (χ0) is 10.5. The van der Waals surface area contributed by atoms with Crippen molar-refractivity contribution in [2.75, 3.05) is 0 Å². The standard InChI is InChI=1S/C11H11NOS2/c13-5-9-1-3-11(4-2-9)15-7-10-6-14-8-12-10/h1-4,6,8,13H,5,7H2. The number of aromatic nitrogens is 1. The van der Waals surface area contributed by atoms with Gasteiger partial charge in [0.05, 0.1) is 17.8 Å². The minimum atomic E-state index is 0.108. The van der Waals surface area contributed by atoms with E-state index >= 15 is 0 Å². The molecule has 1 aromatic carbocycles. The van der Waals surface area contributed by atoms with Crippen LogP contribution in [0, 0.1) is 0 Å². The first-order valence-electron chi connectivity index (χ1n) is 4.58. The van der Waals surface area contributed by atoms with Crippen LogP contribution in [0.25, 0.3) is 0 Å². The fraction of sp³-hybridized carbons (Fsp3) is 0.182. The predicted octanol–water partition coefficient (Wildman–Crippen LogP) is 2.93. The van der Waals surface area contributed by atoms with Crippen LogP contribution in [0.1, 0.15) is 11.3 Å². The zero-order valence-corrected chi connectivity index (χ0v) is 9.72. The molecule has 78 valence electrons. The van der Waals surface area contributed by atoms with E-state index in [1.165, 1.54) is 4.90 Å². The average Bonchev–Trinajstić information content (AvgIpc) is 2.80. The van der Waals surface area contributed by atoms with Crippen LogP contribution >= 0.6 is 23.1 Å². The van der Waals surface area contributed by atoms with Crippen molar-refractivity contribution in [2.45, 2.75) is 17.3 Å². The van der Waals surface area contributed by atoms with Crippen LogP contribution in [0.5, 0.6) is 0 Å². The van der Waals surface area contributed by atoms with E-state index in [2.05, 4.69) is 10.4 Å². The molecule has 0 saturated carbocycles. The number of aliphatic hydroxyl groups is 1. The highest BCUT2D eigenvalue weighted by molar-refractivity contribution is 7.98. The average molecular weight is 237 g/mol. The van der Waals surface area contributed by atoms with Gasteiger partial charge < -0.3 is 5.11 Å². The molecule has 0 aliphatic carbocycles. The fourth-order valence-electron chi connectivity index (χ4n) is 1.16. The summed E-state index contributed by atoms with van der Waals surface area (Å²) in [5.41, 5.74) is 3.93. The lowest BCUT2D eigenvalue weighted by atomic mass is 10.2. The second-order valence-electron chi connectivity index (χ2n) is 3.07. The van der Waals surface area contributed by atoms with E-state index in [-0.39, 0.29) is 6.61 Å². The smallest absolute Gasteiger partial charge is 0.0795 e. The van der Waals surface area contributed by atoms with Gasteiger partial charge in [-0.3, -0.25) is 0 Å². The third kappa shape index (κ3) is 3.06. The third-order valence-electron chi connectivity index (χ3n) is 1.98. The third-order valence-corrected chi connectivity index (χ3v) is 3.66. The van der Waals surface area contributed by atoms with E-state index in [9.17, 15) is 0 Å². The number of hydrogen-bond acceptors (Lipinski definition) is 4. The molecule has 0 aliphatic rings. The Morgan fingerprint density at radius 2 is 2.07 bits per heavy atom. The highest BCUT2D eigenvalue weighted by Crippen LogP contribution is 2.22. The largest absolute Gasteiger partial charge is 0.392 e. The van der Waals surface area contributed by atoms with Crippen molar-refractivity contribution < 1.29 is 5.11 Å². The van der Waals surface area contributed by atoms with Gasteiger partial charge in [-0.1, -0.05) is 12.1 Å². The molecule has 0 spiro atoms. The summed E-state index contributed by atoms with van der Waals surface area (Å²) >= 11 is 3.38. The van der Waals surface area contributed by atoms with E-state index in [0.717, 1.165) is 17.0 Å². The Kier molecular flexibility index (Phi) is 3.77. The maximum absolute atomic E-state index is 8.89. The Morgan fingerprint density at radius 3 is 2.67 bits per heavy atom. The van der Waals surface area contributed by atoms with Crippen LogP contribution in [0.15, 0.2) is 40.1 Å². The highest BCUT2D eigenvalue weighted by atomic mass is 32.2. The molecule has 0 bridgehead atoms. The van der Waals surface area contributed by atoms with Crippen molar-refractivity contribution in [1.29, 1.82) is 0 Å². The number of thioether (sulfide) groups is 1. The van der Waals surface area contributed by atoms with Gasteiger partial charge in [-0.25, -0.2) is 4.98 Å². The molecule has 0 radical (unpaired) electrons. The molecule has 0 saturated heterocycles. The molecule has 0 amide bonds. The van der Waals surface area contributed by atoms with Crippen LogP contribution in [0.3, 0.4) is 0 Å². The minimum absolute atomic E-state index is 0.108. The van der Waals surface area contributed by atoms with Crippen LogP contribution in [-0.4, -0.2) is 10.1 Å². The molecule has 4 heteroatoms. The predicted molar refractivity (Wildman–Crippen MR) is 64.0 cm³/mol. The van der Waals surface area contributed by atoms with Gasteiger partial charge in [-0.05, 0) is 17.7 Å². The molecule has 0 fully saturated rings. The van der Waals surface area contributed by atoms with Gasteiger partial charge in [-0.2, -0.15) is 0 Å². The first-order valence-corrected chi connectivity index (χ1v) is 6.51. The Balaban J connectivity index is 1.93. The van der Waals surface area contributed by atoms with Crippen LogP contribution < -0.4 is 0 Å². The van der Waals surface area contributed by atoms with Crippen molar-refractivity contribution in [3.63, 3.8) is 0 Å². The fourth-order valence-corrected chi connectivity index (χ4v) is 2.62. The van der Waals surface area contributed by atoms with Gasteiger partial charge in [0.15, 0.2) is 0 Å². The van der Waals surface area contributed by atoms with Gasteiger partial charge in [0.25, 0.3) is 0 Å². The van der Waals surface area contributed by atoms with Crippen molar-refractivity contribution in [1.82, 2.24) is 4.98 Å². The molecular weight excluding hydrogens is 226 g/mol. The molecule has 0 aliphatic heterocycles. The lowest BCUT2D eigenvalue weighted by Crippen LogP contribution is -1.83. The van der Waals surface area contributed by atoms with Crippen LogP contribution in [-0.2, 0) is 12.4 Å². The summed E-state index contributed by atoms with van der Waals surface area (Å²) in [6, 6.07) is 7.96. The number of nitrogens with zero attached hydrogens (tertiary/aromatic N) is 1. The molecule has 0 atom stereocenters. The molecule has 0 unspecified atom stereocenters. The van der Waals surface area contributed by atoms with E-state index in [0.29, 0.717) is 0 Å². The Hall–Kier alpha value is -0.840. The van der Waals surface area contributed by atoms with Gasteiger partial charge in [-0.15, -0.1) is 23.1 Å². The topological polar surface area (TPSA) is 33.1 Å². The monoisotopic (exact) mass is 237 g/mol. The van der Waals surface area contributed by atoms with E-state index in [4.69, 9.17) is 5.11 Å². The van der Waals surface area contributed by atoms with Gasteiger partial charge in [0, 0.05) is 16.0 Å². The van der Waals surface area contributed by atoms with Crippen LogP contribution in [0.2, 0.25) is 0 Å². The molecule has 1 aromatic heterocycles. The SMILES string of the molecule is OCc1ccc(SCc2cscn2)cc1. The first-order chi connectivity index (χ1) is 7.38. The quantitative estimate of drug-likeness (QED) is 0.830. The summed E-state index contributed by atoms with van der Waals surface area (Å²) in [6.07, 6.45) is 0. The van der Waals surface area contributed by atoms with Crippen molar-refractivity contribution >= 4 is 23.1 Å². The van der Waals surface area contributed by atoms with Gasteiger partial charge in [0.1, 0.15) is 0 Å². The van der Waals surface area contributed by atoms with Gasteiger partial charge >= 0.3 is 0 Å². The number of thiazole rings is 1. The Morgan fingerprint density at radius 1 is 1.27 bits per heavy atom.